The van der Waals surface area contributed by atoms with Crippen LogP contribution < -0.4 is 11.1 Å². The second-order valence-corrected chi connectivity index (χ2v) is 4.93. The first-order valence-electron chi connectivity index (χ1n) is 5.87. The molecule has 19 heavy (non-hydrogen) atoms. The minimum absolute atomic E-state index is 0.195. The van der Waals surface area contributed by atoms with E-state index in [-0.39, 0.29) is 5.91 Å². The molecule has 0 spiro atoms. The third kappa shape index (κ3) is 3.62. The van der Waals surface area contributed by atoms with Crippen molar-refractivity contribution in [2.75, 3.05) is 0 Å². The van der Waals surface area contributed by atoms with Crippen LogP contribution in [0.3, 0.4) is 0 Å². The SMILES string of the molecule is NCc1ccccc1CNC(=O)c1ccc(Br)cn1. The van der Waals surface area contributed by atoms with Gasteiger partial charge in [0, 0.05) is 23.8 Å². The lowest BCUT2D eigenvalue weighted by atomic mass is 10.1. The van der Waals surface area contributed by atoms with E-state index in [9.17, 15) is 4.79 Å². The first kappa shape index (κ1) is 13.7. The average Bonchev–Trinajstić information content (AvgIpc) is 2.45. The number of nitrogens with two attached hydrogens (primary N) is 1. The lowest BCUT2D eigenvalue weighted by Crippen LogP contribution is -2.24. The number of nitrogens with zero attached hydrogens (tertiary/aromatic N) is 1. The summed E-state index contributed by atoms with van der Waals surface area (Å²) in [4.78, 5) is 16.0. The Hall–Kier alpha value is -1.72. The van der Waals surface area contributed by atoms with Gasteiger partial charge in [0.05, 0.1) is 0 Å². The number of rotatable bonds is 4. The van der Waals surface area contributed by atoms with Crippen LogP contribution in [0.1, 0.15) is 21.6 Å². The number of hydrogen-bond donors (Lipinski definition) is 2. The van der Waals surface area contributed by atoms with Crippen LogP contribution in [0.15, 0.2) is 47.1 Å². The summed E-state index contributed by atoms with van der Waals surface area (Å²) in [6.07, 6.45) is 1.60. The van der Waals surface area contributed by atoms with E-state index < -0.39 is 0 Å². The van der Waals surface area contributed by atoms with Gasteiger partial charge in [-0.05, 0) is 39.2 Å². The molecule has 0 saturated carbocycles. The Morgan fingerprint density at radius 1 is 1.21 bits per heavy atom. The molecule has 0 aliphatic rings. The van der Waals surface area contributed by atoms with Gasteiger partial charge in [-0.15, -0.1) is 0 Å². The normalized spacial score (nSPS) is 10.2. The standard InChI is InChI=1S/C14H14BrN3O/c15-12-5-6-13(17-9-12)14(19)18-8-11-4-2-1-3-10(11)7-16/h1-6,9H,7-8,16H2,(H,18,19). The fourth-order valence-electron chi connectivity index (χ4n) is 1.71. The number of benzene rings is 1. The highest BCUT2D eigenvalue weighted by atomic mass is 79.9. The average molecular weight is 320 g/mol. The quantitative estimate of drug-likeness (QED) is 0.908. The van der Waals surface area contributed by atoms with Crippen LogP contribution in [0.2, 0.25) is 0 Å². The van der Waals surface area contributed by atoms with Gasteiger partial charge in [-0.25, -0.2) is 4.98 Å². The van der Waals surface area contributed by atoms with Crippen LogP contribution in [0, 0.1) is 0 Å². The Labute approximate surface area is 120 Å². The monoisotopic (exact) mass is 319 g/mol. The van der Waals surface area contributed by atoms with E-state index in [0.717, 1.165) is 15.6 Å². The summed E-state index contributed by atoms with van der Waals surface area (Å²) in [6, 6.07) is 11.2. The maximum absolute atomic E-state index is 11.9. The molecule has 1 amide bonds. The Morgan fingerprint density at radius 3 is 2.58 bits per heavy atom. The van der Waals surface area contributed by atoms with Crippen LogP contribution in [-0.4, -0.2) is 10.9 Å². The topological polar surface area (TPSA) is 68.0 Å². The van der Waals surface area contributed by atoms with Gasteiger partial charge in [-0.3, -0.25) is 4.79 Å². The summed E-state index contributed by atoms with van der Waals surface area (Å²) in [6.45, 7) is 0.909. The molecule has 0 fully saturated rings. The van der Waals surface area contributed by atoms with Crippen molar-refractivity contribution in [1.82, 2.24) is 10.3 Å². The van der Waals surface area contributed by atoms with E-state index in [1.54, 1.807) is 18.3 Å². The molecule has 3 N–H and O–H groups in total. The van der Waals surface area contributed by atoms with Crippen molar-refractivity contribution in [3.8, 4) is 0 Å². The Morgan fingerprint density at radius 2 is 1.95 bits per heavy atom. The molecule has 0 unspecified atom stereocenters. The van der Waals surface area contributed by atoms with Gasteiger partial charge in [-0.1, -0.05) is 24.3 Å². The molecular formula is C14H14BrN3O. The number of carbonyl (C=O) groups is 1. The minimum Gasteiger partial charge on any atom is -0.347 e. The zero-order valence-electron chi connectivity index (χ0n) is 10.3. The van der Waals surface area contributed by atoms with E-state index in [1.807, 2.05) is 24.3 Å². The third-order valence-corrected chi connectivity index (χ3v) is 3.21. The van der Waals surface area contributed by atoms with Crippen LogP contribution in [0.5, 0.6) is 0 Å². The molecule has 2 rings (SSSR count). The molecule has 0 radical (unpaired) electrons. The van der Waals surface area contributed by atoms with Gasteiger partial charge >= 0.3 is 0 Å². The highest BCUT2D eigenvalue weighted by molar-refractivity contribution is 9.10. The molecule has 1 aromatic heterocycles. The number of halogens is 1. The van der Waals surface area contributed by atoms with Crippen LogP contribution in [0.4, 0.5) is 0 Å². The molecule has 0 bridgehead atoms. The fraction of sp³-hybridized carbons (Fsp3) is 0.143. The molecule has 98 valence electrons. The maximum atomic E-state index is 11.9. The van der Waals surface area contributed by atoms with Crippen molar-refractivity contribution in [2.45, 2.75) is 13.1 Å². The third-order valence-electron chi connectivity index (χ3n) is 2.74. The zero-order chi connectivity index (χ0) is 13.7. The molecule has 0 aliphatic heterocycles. The summed E-state index contributed by atoms with van der Waals surface area (Å²) >= 11 is 3.28. The first-order valence-corrected chi connectivity index (χ1v) is 6.66. The van der Waals surface area contributed by atoms with Crippen molar-refractivity contribution in [3.05, 3.63) is 63.9 Å². The van der Waals surface area contributed by atoms with Gasteiger partial charge in [0.1, 0.15) is 5.69 Å². The van der Waals surface area contributed by atoms with Gasteiger partial charge in [0.15, 0.2) is 0 Å². The summed E-state index contributed by atoms with van der Waals surface area (Å²) in [5.74, 6) is -0.195. The lowest BCUT2D eigenvalue weighted by Gasteiger charge is -2.08. The van der Waals surface area contributed by atoms with E-state index in [0.29, 0.717) is 18.8 Å². The molecule has 0 saturated heterocycles. The first-order chi connectivity index (χ1) is 9.20. The summed E-state index contributed by atoms with van der Waals surface area (Å²) in [5.41, 5.74) is 8.11. The van der Waals surface area contributed by atoms with Crippen molar-refractivity contribution >= 4 is 21.8 Å². The number of nitrogens with one attached hydrogen (secondary N) is 1. The summed E-state index contributed by atoms with van der Waals surface area (Å²) < 4.78 is 0.845. The molecule has 1 heterocycles. The second-order valence-electron chi connectivity index (χ2n) is 4.02. The van der Waals surface area contributed by atoms with Crippen molar-refractivity contribution in [2.24, 2.45) is 5.73 Å². The Bertz CT molecular complexity index is 569. The zero-order valence-corrected chi connectivity index (χ0v) is 11.9. The molecule has 1 aromatic carbocycles. The maximum Gasteiger partial charge on any atom is 0.270 e. The summed E-state index contributed by atoms with van der Waals surface area (Å²) in [5, 5.41) is 2.84. The lowest BCUT2D eigenvalue weighted by molar-refractivity contribution is 0.0946. The number of pyridine rings is 1. The van der Waals surface area contributed by atoms with Gasteiger partial charge < -0.3 is 11.1 Å². The van der Waals surface area contributed by atoms with Gasteiger partial charge in [-0.2, -0.15) is 0 Å². The number of aromatic nitrogens is 1. The molecule has 4 nitrogen and oxygen atoms in total. The van der Waals surface area contributed by atoms with Crippen LogP contribution >= 0.6 is 15.9 Å². The number of amides is 1. The molecule has 2 aromatic rings. The minimum atomic E-state index is -0.195. The molecule has 5 heteroatoms. The van der Waals surface area contributed by atoms with Crippen molar-refractivity contribution in [1.29, 1.82) is 0 Å². The van der Waals surface area contributed by atoms with Crippen molar-refractivity contribution in [3.63, 3.8) is 0 Å². The summed E-state index contributed by atoms with van der Waals surface area (Å²) in [7, 11) is 0. The Balaban J connectivity index is 2.02. The van der Waals surface area contributed by atoms with Gasteiger partial charge in [0.2, 0.25) is 0 Å². The molecule has 0 atom stereocenters. The highest BCUT2D eigenvalue weighted by Crippen LogP contribution is 2.09. The van der Waals surface area contributed by atoms with Gasteiger partial charge in [0.25, 0.3) is 5.91 Å². The Kier molecular flexibility index (Phi) is 4.65. The van der Waals surface area contributed by atoms with Crippen LogP contribution in [0.25, 0.3) is 0 Å². The van der Waals surface area contributed by atoms with Crippen molar-refractivity contribution < 1.29 is 4.79 Å². The molecule has 0 aliphatic carbocycles. The number of hydrogen-bond acceptors (Lipinski definition) is 3. The highest BCUT2D eigenvalue weighted by Gasteiger charge is 2.07. The largest absolute Gasteiger partial charge is 0.347 e. The van der Waals surface area contributed by atoms with Crippen LogP contribution in [-0.2, 0) is 13.1 Å². The van der Waals surface area contributed by atoms with E-state index in [2.05, 4.69) is 26.2 Å². The number of carbonyl (C=O) groups excluding carboxylic acids is 1. The second kappa shape index (κ2) is 6.45. The fourth-order valence-corrected chi connectivity index (χ4v) is 1.94. The predicted octanol–water partition coefficient (Wildman–Crippen LogP) is 2.23. The predicted molar refractivity (Wildman–Crippen MR) is 77.4 cm³/mol. The van der Waals surface area contributed by atoms with E-state index in [1.165, 1.54) is 0 Å². The van der Waals surface area contributed by atoms with E-state index >= 15 is 0 Å². The molecular weight excluding hydrogens is 306 g/mol. The van der Waals surface area contributed by atoms with E-state index in [4.69, 9.17) is 5.73 Å². The smallest absolute Gasteiger partial charge is 0.270 e.